The molecule has 1 rings (SSSR count). The van der Waals surface area contributed by atoms with E-state index >= 15 is 0 Å². The number of likely N-dealkylation sites (tertiary alicyclic amines) is 1. The Kier molecular flexibility index (Phi) is 4.82. The zero-order chi connectivity index (χ0) is 12.0. The number of nitrogens with zero attached hydrogens (tertiary/aromatic N) is 1. The molecule has 1 fully saturated rings. The molecule has 1 saturated heterocycles. The Balaban J connectivity index is 2.05. The van der Waals surface area contributed by atoms with Crippen LogP contribution in [0.4, 0.5) is 4.79 Å². The van der Waals surface area contributed by atoms with Gasteiger partial charge in [0, 0.05) is 31.8 Å². The van der Waals surface area contributed by atoms with Crippen LogP contribution in [0.15, 0.2) is 12.3 Å². The lowest BCUT2D eigenvalue weighted by Gasteiger charge is -2.15. The van der Waals surface area contributed by atoms with Crippen LogP contribution in [0.3, 0.4) is 0 Å². The molecule has 0 spiro atoms. The number of hydrogen-bond donors (Lipinski definition) is 2. The molecule has 5 nitrogen and oxygen atoms in total. The topological polar surface area (TPSA) is 61.4 Å². The van der Waals surface area contributed by atoms with Crippen LogP contribution in [0.5, 0.6) is 0 Å². The lowest BCUT2D eigenvalue weighted by atomic mass is 10.4. The van der Waals surface area contributed by atoms with Crippen molar-refractivity contribution in [2.75, 3.05) is 19.6 Å². The maximum Gasteiger partial charge on any atom is 0.318 e. The first-order chi connectivity index (χ1) is 7.59. The highest BCUT2D eigenvalue weighted by molar-refractivity contribution is 5.78. The first-order valence-corrected chi connectivity index (χ1v) is 5.57. The Hall–Kier alpha value is -1.52. The Morgan fingerprint density at radius 1 is 1.56 bits per heavy atom. The number of hydrogen-bond acceptors (Lipinski definition) is 2. The van der Waals surface area contributed by atoms with Crippen molar-refractivity contribution in [3.8, 4) is 0 Å². The Morgan fingerprint density at radius 3 is 2.88 bits per heavy atom. The van der Waals surface area contributed by atoms with E-state index in [0.29, 0.717) is 18.7 Å². The van der Waals surface area contributed by atoms with E-state index < -0.39 is 0 Å². The molecule has 1 aliphatic heterocycles. The minimum Gasteiger partial charge on any atom is -0.343 e. The molecular weight excluding hydrogens is 206 g/mol. The Bertz CT molecular complexity index is 289. The standard InChI is InChI=1S/C11H19N3O2/c1-9(2)13-11(16)12-6-4-8-14-7-3-5-10(14)15/h1,3-8H2,2H3,(H2,12,13,16). The summed E-state index contributed by atoms with van der Waals surface area (Å²) >= 11 is 0. The molecule has 16 heavy (non-hydrogen) atoms. The van der Waals surface area contributed by atoms with Gasteiger partial charge in [-0.2, -0.15) is 0 Å². The van der Waals surface area contributed by atoms with Gasteiger partial charge < -0.3 is 15.5 Å². The van der Waals surface area contributed by atoms with E-state index in [9.17, 15) is 9.59 Å². The predicted octanol–water partition coefficient (Wildman–Crippen LogP) is 0.832. The fraction of sp³-hybridized carbons (Fsp3) is 0.636. The Morgan fingerprint density at radius 2 is 2.31 bits per heavy atom. The highest BCUT2D eigenvalue weighted by atomic mass is 16.2. The highest BCUT2D eigenvalue weighted by Crippen LogP contribution is 2.09. The molecule has 0 aromatic heterocycles. The number of rotatable bonds is 5. The van der Waals surface area contributed by atoms with E-state index in [-0.39, 0.29) is 11.9 Å². The number of amides is 3. The van der Waals surface area contributed by atoms with Crippen LogP contribution in [-0.4, -0.2) is 36.5 Å². The fourth-order valence-corrected chi connectivity index (χ4v) is 1.65. The highest BCUT2D eigenvalue weighted by Gasteiger charge is 2.18. The summed E-state index contributed by atoms with van der Waals surface area (Å²) in [6.45, 7) is 7.45. The van der Waals surface area contributed by atoms with E-state index in [2.05, 4.69) is 17.2 Å². The van der Waals surface area contributed by atoms with Crippen LogP contribution < -0.4 is 10.6 Å². The summed E-state index contributed by atoms with van der Waals surface area (Å²) in [7, 11) is 0. The number of carbonyl (C=O) groups is 2. The molecule has 2 N–H and O–H groups in total. The summed E-state index contributed by atoms with van der Waals surface area (Å²) in [5.74, 6) is 0.228. The number of urea groups is 1. The van der Waals surface area contributed by atoms with Crippen LogP contribution in [-0.2, 0) is 4.79 Å². The second-order valence-electron chi connectivity index (χ2n) is 4.00. The van der Waals surface area contributed by atoms with Crippen LogP contribution in [0.25, 0.3) is 0 Å². The third kappa shape index (κ3) is 4.33. The van der Waals surface area contributed by atoms with E-state index in [4.69, 9.17) is 0 Å². The van der Waals surface area contributed by atoms with Gasteiger partial charge in [-0.05, 0) is 19.8 Å². The third-order valence-electron chi connectivity index (χ3n) is 2.39. The molecule has 3 amide bonds. The number of allylic oxidation sites excluding steroid dienone is 1. The van der Waals surface area contributed by atoms with Crippen molar-refractivity contribution in [1.29, 1.82) is 0 Å². The average molecular weight is 225 g/mol. The molecule has 0 radical (unpaired) electrons. The van der Waals surface area contributed by atoms with Crippen molar-refractivity contribution >= 4 is 11.9 Å². The molecular formula is C11H19N3O2. The SMILES string of the molecule is C=C(C)NC(=O)NCCCN1CCCC1=O. The van der Waals surface area contributed by atoms with Crippen molar-refractivity contribution in [3.05, 3.63) is 12.3 Å². The summed E-state index contributed by atoms with van der Waals surface area (Å²) in [6.07, 6.45) is 2.42. The molecule has 0 bridgehead atoms. The molecule has 0 saturated carbocycles. The second kappa shape index (κ2) is 6.15. The molecule has 0 aliphatic carbocycles. The van der Waals surface area contributed by atoms with E-state index in [1.54, 1.807) is 6.92 Å². The van der Waals surface area contributed by atoms with Crippen molar-refractivity contribution in [2.45, 2.75) is 26.2 Å². The zero-order valence-corrected chi connectivity index (χ0v) is 9.71. The monoisotopic (exact) mass is 225 g/mol. The normalized spacial score (nSPS) is 15.1. The van der Waals surface area contributed by atoms with Crippen LogP contribution in [0.2, 0.25) is 0 Å². The van der Waals surface area contributed by atoms with Crippen LogP contribution in [0.1, 0.15) is 26.2 Å². The van der Waals surface area contributed by atoms with Gasteiger partial charge in [0.1, 0.15) is 0 Å². The lowest BCUT2D eigenvalue weighted by molar-refractivity contribution is -0.127. The summed E-state index contributed by atoms with van der Waals surface area (Å²) in [4.78, 5) is 24.3. The smallest absolute Gasteiger partial charge is 0.318 e. The molecule has 1 heterocycles. The van der Waals surface area contributed by atoms with E-state index in [0.717, 1.165) is 25.9 Å². The van der Waals surface area contributed by atoms with Gasteiger partial charge in [-0.1, -0.05) is 6.58 Å². The van der Waals surface area contributed by atoms with Gasteiger partial charge in [-0.3, -0.25) is 4.79 Å². The van der Waals surface area contributed by atoms with Gasteiger partial charge in [0.25, 0.3) is 0 Å². The van der Waals surface area contributed by atoms with Gasteiger partial charge in [0.05, 0.1) is 0 Å². The quantitative estimate of drug-likeness (QED) is 0.681. The zero-order valence-electron chi connectivity index (χ0n) is 9.71. The minimum absolute atomic E-state index is 0.228. The first-order valence-electron chi connectivity index (χ1n) is 5.57. The van der Waals surface area contributed by atoms with Gasteiger partial charge in [0.2, 0.25) is 5.91 Å². The summed E-state index contributed by atoms with van der Waals surface area (Å²) < 4.78 is 0. The molecule has 0 unspecified atom stereocenters. The van der Waals surface area contributed by atoms with Crippen molar-refractivity contribution in [1.82, 2.24) is 15.5 Å². The molecule has 90 valence electrons. The summed E-state index contributed by atoms with van der Waals surface area (Å²) in [5.41, 5.74) is 0.618. The maximum absolute atomic E-state index is 11.3. The van der Waals surface area contributed by atoms with Gasteiger partial charge in [0.15, 0.2) is 0 Å². The third-order valence-corrected chi connectivity index (χ3v) is 2.39. The predicted molar refractivity (Wildman–Crippen MR) is 61.8 cm³/mol. The van der Waals surface area contributed by atoms with E-state index in [1.807, 2.05) is 4.90 Å². The maximum atomic E-state index is 11.3. The van der Waals surface area contributed by atoms with Crippen LogP contribution >= 0.6 is 0 Å². The second-order valence-corrected chi connectivity index (χ2v) is 4.00. The minimum atomic E-state index is -0.236. The van der Waals surface area contributed by atoms with Gasteiger partial charge in [-0.25, -0.2) is 4.79 Å². The number of carbonyl (C=O) groups excluding carboxylic acids is 2. The van der Waals surface area contributed by atoms with Gasteiger partial charge in [-0.15, -0.1) is 0 Å². The number of nitrogens with one attached hydrogen (secondary N) is 2. The van der Waals surface area contributed by atoms with Crippen LogP contribution in [0, 0.1) is 0 Å². The van der Waals surface area contributed by atoms with Gasteiger partial charge >= 0.3 is 6.03 Å². The van der Waals surface area contributed by atoms with Crippen molar-refractivity contribution in [2.24, 2.45) is 0 Å². The fourth-order valence-electron chi connectivity index (χ4n) is 1.65. The first kappa shape index (κ1) is 12.5. The average Bonchev–Trinajstić information content (AvgIpc) is 2.58. The van der Waals surface area contributed by atoms with Crippen molar-refractivity contribution in [3.63, 3.8) is 0 Å². The summed E-state index contributed by atoms with van der Waals surface area (Å²) in [6, 6.07) is -0.236. The van der Waals surface area contributed by atoms with Crippen molar-refractivity contribution < 1.29 is 9.59 Å². The van der Waals surface area contributed by atoms with E-state index in [1.165, 1.54) is 0 Å². The molecule has 5 heteroatoms. The summed E-state index contributed by atoms with van der Waals surface area (Å²) in [5, 5.41) is 5.26. The molecule has 1 aliphatic rings. The molecule has 0 aromatic rings. The largest absolute Gasteiger partial charge is 0.343 e. The molecule has 0 atom stereocenters. The Labute approximate surface area is 95.9 Å². The lowest BCUT2D eigenvalue weighted by Crippen LogP contribution is -2.36. The molecule has 0 aromatic carbocycles.